The van der Waals surface area contributed by atoms with Crippen molar-refractivity contribution in [2.45, 2.75) is 4.90 Å². The highest BCUT2D eigenvalue weighted by atomic mass is 32.2. The summed E-state index contributed by atoms with van der Waals surface area (Å²) in [7, 11) is -2.69. The van der Waals surface area contributed by atoms with E-state index in [1.54, 1.807) is 24.5 Å². The molecule has 0 amide bonds. The van der Waals surface area contributed by atoms with Gasteiger partial charge < -0.3 is 4.74 Å². The number of sulfonamides is 1. The number of pyridine rings is 1. The van der Waals surface area contributed by atoms with Gasteiger partial charge in [-0.05, 0) is 18.2 Å². The Balaban J connectivity index is 1.88. The van der Waals surface area contributed by atoms with Gasteiger partial charge in [0.25, 0.3) is 10.0 Å². The lowest BCUT2D eigenvalue weighted by Crippen LogP contribution is -2.13. The lowest BCUT2D eigenvalue weighted by molar-refractivity contribution is 0.409. The van der Waals surface area contributed by atoms with Crippen molar-refractivity contribution in [2.75, 3.05) is 11.8 Å². The zero-order chi connectivity index (χ0) is 17.2. The van der Waals surface area contributed by atoms with Gasteiger partial charge in [-0.1, -0.05) is 11.3 Å². The molecule has 0 unspecified atom stereocenters. The van der Waals surface area contributed by atoms with E-state index in [0.29, 0.717) is 5.01 Å². The van der Waals surface area contributed by atoms with E-state index in [2.05, 4.69) is 19.9 Å². The molecule has 0 aliphatic carbocycles. The predicted octanol–water partition coefficient (Wildman–Crippen LogP) is 2.55. The fourth-order valence-electron chi connectivity index (χ4n) is 1.86. The van der Waals surface area contributed by atoms with Crippen molar-refractivity contribution >= 4 is 26.5 Å². The summed E-state index contributed by atoms with van der Waals surface area (Å²) in [5.41, 5.74) is 0.764. The van der Waals surface area contributed by atoms with Gasteiger partial charge in [0, 0.05) is 30.1 Å². The summed E-state index contributed by atoms with van der Waals surface area (Å²) in [4.78, 5) is 3.64. The summed E-state index contributed by atoms with van der Waals surface area (Å²) in [6.45, 7) is 0. The number of hydrogen-bond acceptors (Lipinski definition) is 7. The molecule has 3 rings (SSSR count). The van der Waals surface area contributed by atoms with Crippen molar-refractivity contribution in [3.05, 3.63) is 48.5 Å². The lowest BCUT2D eigenvalue weighted by atomic mass is 10.3. The first-order chi connectivity index (χ1) is 11.5. The zero-order valence-electron chi connectivity index (χ0n) is 12.3. The predicted molar refractivity (Wildman–Crippen MR) is 86.9 cm³/mol. The summed E-state index contributed by atoms with van der Waals surface area (Å²) in [5.74, 6) is -0.616. The van der Waals surface area contributed by atoms with Gasteiger partial charge in [0.2, 0.25) is 5.13 Å². The highest BCUT2D eigenvalue weighted by Crippen LogP contribution is 2.28. The molecule has 2 aromatic heterocycles. The minimum atomic E-state index is -4.01. The van der Waals surface area contributed by atoms with Gasteiger partial charge in [0.1, 0.15) is 16.6 Å². The number of nitrogens with one attached hydrogen (secondary N) is 1. The Kier molecular flexibility index (Phi) is 4.40. The van der Waals surface area contributed by atoms with Crippen LogP contribution in [-0.2, 0) is 10.0 Å². The first-order valence-electron chi connectivity index (χ1n) is 6.59. The van der Waals surface area contributed by atoms with Crippen molar-refractivity contribution in [1.29, 1.82) is 0 Å². The Morgan fingerprint density at radius 2 is 1.92 bits per heavy atom. The van der Waals surface area contributed by atoms with Crippen molar-refractivity contribution < 1.29 is 17.5 Å². The van der Waals surface area contributed by atoms with Gasteiger partial charge in [-0.15, -0.1) is 10.2 Å². The monoisotopic (exact) mass is 366 g/mol. The SMILES string of the molecule is COc1cc(F)cc(S(=O)(=O)Nc2nnc(-c3ccncc3)s2)c1. The summed E-state index contributed by atoms with van der Waals surface area (Å²) >= 11 is 1.06. The Bertz CT molecular complexity index is 961. The van der Waals surface area contributed by atoms with Gasteiger partial charge >= 0.3 is 0 Å². The van der Waals surface area contributed by atoms with E-state index in [0.717, 1.165) is 29.0 Å². The van der Waals surface area contributed by atoms with Gasteiger partial charge in [0.05, 0.1) is 12.0 Å². The second-order valence-electron chi connectivity index (χ2n) is 4.58. The minimum absolute atomic E-state index is 0.0741. The molecule has 0 bridgehead atoms. The number of rotatable bonds is 5. The van der Waals surface area contributed by atoms with E-state index < -0.39 is 15.8 Å². The van der Waals surface area contributed by atoms with Crippen LogP contribution < -0.4 is 9.46 Å². The molecule has 0 aliphatic rings. The van der Waals surface area contributed by atoms with Gasteiger partial charge in [-0.2, -0.15) is 0 Å². The smallest absolute Gasteiger partial charge is 0.263 e. The second kappa shape index (κ2) is 6.49. The van der Waals surface area contributed by atoms with Crippen LogP contribution in [0.15, 0.2) is 47.6 Å². The van der Waals surface area contributed by atoms with Crippen molar-refractivity contribution in [2.24, 2.45) is 0 Å². The normalized spacial score (nSPS) is 11.2. The number of anilines is 1. The molecule has 3 aromatic rings. The highest BCUT2D eigenvalue weighted by molar-refractivity contribution is 7.93. The summed E-state index contributed by atoms with van der Waals surface area (Å²) in [6, 6.07) is 6.67. The Labute approximate surface area is 141 Å². The Morgan fingerprint density at radius 3 is 2.62 bits per heavy atom. The average molecular weight is 366 g/mol. The van der Waals surface area contributed by atoms with Crippen molar-refractivity contribution in [3.63, 3.8) is 0 Å². The molecular formula is C14H11FN4O3S2. The van der Waals surface area contributed by atoms with E-state index in [4.69, 9.17) is 4.74 Å². The molecule has 1 N–H and O–H groups in total. The third-order valence-corrected chi connectivity index (χ3v) is 5.30. The van der Waals surface area contributed by atoms with Crippen LogP contribution in [0.1, 0.15) is 0 Å². The molecule has 0 spiro atoms. The quantitative estimate of drug-likeness (QED) is 0.746. The summed E-state index contributed by atoms with van der Waals surface area (Å²) in [5, 5.41) is 8.34. The maximum atomic E-state index is 13.5. The molecule has 7 nitrogen and oxygen atoms in total. The van der Waals surface area contributed by atoms with E-state index >= 15 is 0 Å². The largest absolute Gasteiger partial charge is 0.497 e. The molecule has 0 aliphatic heterocycles. The van der Waals surface area contributed by atoms with Gasteiger partial charge in [-0.25, -0.2) is 12.8 Å². The standard InChI is InChI=1S/C14H11FN4O3S2/c1-22-11-6-10(15)7-12(8-11)24(20,21)19-14-18-17-13(23-14)9-2-4-16-5-3-9/h2-8H,1H3,(H,18,19). The number of ether oxygens (including phenoxy) is 1. The molecule has 124 valence electrons. The van der Waals surface area contributed by atoms with Crippen LogP contribution in [0, 0.1) is 5.82 Å². The molecule has 0 saturated heterocycles. The maximum absolute atomic E-state index is 13.5. The fourth-order valence-corrected chi connectivity index (χ4v) is 3.88. The first kappa shape index (κ1) is 16.3. The fraction of sp³-hybridized carbons (Fsp3) is 0.0714. The number of halogens is 1. The maximum Gasteiger partial charge on any atom is 0.263 e. The molecule has 0 saturated carbocycles. The highest BCUT2D eigenvalue weighted by Gasteiger charge is 2.19. The van der Waals surface area contributed by atoms with Crippen LogP contribution in [0.25, 0.3) is 10.6 Å². The van der Waals surface area contributed by atoms with E-state index in [1.807, 2.05) is 0 Å². The van der Waals surface area contributed by atoms with Crippen LogP contribution in [0.4, 0.5) is 9.52 Å². The molecular weight excluding hydrogens is 355 g/mol. The first-order valence-corrected chi connectivity index (χ1v) is 8.89. The molecule has 1 aromatic carbocycles. The third-order valence-electron chi connectivity index (χ3n) is 2.96. The van der Waals surface area contributed by atoms with E-state index in [1.165, 1.54) is 13.2 Å². The Morgan fingerprint density at radius 1 is 1.17 bits per heavy atom. The van der Waals surface area contributed by atoms with E-state index in [9.17, 15) is 12.8 Å². The van der Waals surface area contributed by atoms with E-state index in [-0.39, 0.29) is 15.8 Å². The van der Waals surface area contributed by atoms with Crippen LogP contribution in [0.5, 0.6) is 5.75 Å². The van der Waals surface area contributed by atoms with Gasteiger partial charge in [-0.3, -0.25) is 9.71 Å². The molecule has 10 heteroatoms. The molecule has 2 heterocycles. The van der Waals surface area contributed by atoms with Gasteiger partial charge in [0.15, 0.2) is 0 Å². The van der Waals surface area contributed by atoms with Crippen molar-refractivity contribution in [3.8, 4) is 16.3 Å². The number of aromatic nitrogens is 3. The minimum Gasteiger partial charge on any atom is -0.497 e. The summed E-state index contributed by atoms with van der Waals surface area (Å²) in [6.07, 6.45) is 3.19. The summed E-state index contributed by atoms with van der Waals surface area (Å²) < 4.78 is 45.4. The number of hydrogen-bond donors (Lipinski definition) is 1. The average Bonchev–Trinajstić information content (AvgIpc) is 3.03. The molecule has 24 heavy (non-hydrogen) atoms. The molecule has 0 radical (unpaired) electrons. The van der Waals surface area contributed by atoms with Crippen LogP contribution in [0.2, 0.25) is 0 Å². The molecule has 0 fully saturated rings. The molecule has 0 atom stereocenters. The van der Waals surface area contributed by atoms with Crippen molar-refractivity contribution in [1.82, 2.24) is 15.2 Å². The number of nitrogens with zero attached hydrogens (tertiary/aromatic N) is 3. The second-order valence-corrected chi connectivity index (χ2v) is 7.24. The van der Waals surface area contributed by atoms with Crippen LogP contribution in [0.3, 0.4) is 0 Å². The third kappa shape index (κ3) is 3.49. The Hall–Kier alpha value is -2.59. The van der Waals surface area contributed by atoms with Crippen LogP contribution in [-0.4, -0.2) is 30.7 Å². The number of methoxy groups -OCH3 is 1. The topological polar surface area (TPSA) is 94.1 Å². The van der Waals surface area contributed by atoms with Crippen LogP contribution >= 0.6 is 11.3 Å². The lowest BCUT2D eigenvalue weighted by Gasteiger charge is -2.07. The number of benzene rings is 1. The zero-order valence-corrected chi connectivity index (χ0v) is 13.9.